The average Bonchev–Trinajstić information content (AvgIpc) is 3.83. The number of methoxy groups -OCH3 is 1. The van der Waals surface area contributed by atoms with Gasteiger partial charge in [-0.1, -0.05) is 92.7 Å². The summed E-state index contributed by atoms with van der Waals surface area (Å²) >= 11 is 0. The highest BCUT2D eigenvalue weighted by atomic mass is 16.5. The first-order valence-electron chi connectivity index (χ1n) is 16.8. The lowest BCUT2D eigenvalue weighted by atomic mass is 10.0. The van der Waals surface area contributed by atoms with Gasteiger partial charge in [0.2, 0.25) is 11.8 Å². The van der Waals surface area contributed by atoms with Crippen molar-refractivity contribution in [1.29, 1.82) is 0 Å². The van der Waals surface area contributed by atoms with Crippen LogP contribution in [-0.4, -0.2) is 74.4 Å². The predicted molar refractivity (Wildman–Crippen MR) is 192 cm³/mol. The third kappa shape index (κ3) is 8.83. The van der Waals surface area contributed by atoms with Crippen LogP contribution in [-0.2, 0) is 27.4 Å². The highest BCUT2D eigenvalue weighted by molar-refractivity contribution is 5.87. The van der Waals surface area contributed by atoms with Crippen LogP contribution in [0.25, 0.3) is 33.6 Å². The summed E-state index contributed by atoms with van der Waals surface area (Å²) in [6.45, 7) is 5.77. The van der Waals surface area contributed by atoms with Gasteiger partial charge in [0, 0.05) is 13.1 Å². The monoisotopic (exact) mass is 676 g/mol. The molecule has 5 rings (SSSR count). The summed E-state index contributed by atoms with van der Waals surface area (Å²) < 4.78 is 4.79. The third-order valence-electron chi connectivity index (χ3n) is 8.32. The van der Waals surface area contributed by atoms with E-state index in [1.807, 2.05) is 56.3 Å². The minimum absolute atomic E-state index is 0.0201. The van der Waals surface area contributed by atoms with Crippen molar-refractivity contribution in [3.63, 3.8) is 0 Å². The van der Waals surface area contributed by atoms with E-state index in [4.69, 9.17) is 10.5 Å². The van der Waals surface area contributed by atoms with Gasteiger partial charge in [-0.15, -0.1) is 0 Å². The second-order valence-electron chi connectivity index (χ2n) is 11.9. The zero-order valence-electron chi connectivity index (χ0n) is 28.7. The maximum Gasteiger partial charge on any atom is 0.407 e. The summed E-state index contributed by atoms with van der Waals surface area (Å²) in [5.41, 5.74) is 12.0. The van der Waals surface area contributed by atoms with Gasteiger partial charge in [-0.3, -0.25) is 9.59 Å². The second-order valence-corrected chi connectivity index (χ2v) is 11.9. The number of benzene rings is 3. The fraction of sp³-hybridized carbons (Fsp3) is 0.289. The number of nitrogens with two attached hydrogens (primary N) is 1. The Balaban J connectivity index is 1.24. The zero-order valence-corrected chi connectivity index (χ0v) is 28.7. The van der Waals surface area contributed by atoms with Crippen molar-refractivity contribution in [2.24, 2.45) is 5.73 Å². The van der Waals surface area contributed by atoms with E-state index in [9.17, 15) is 14.4 Å². The van der Waals surface area contributed by atoms with Crippen LogP contribution in [0.4, 0.5) is 4.79 Å². The van der Waals surface area contributed by atoms with Gasteiger partial charge in [0.25, 0.3) is 0 Å². The smallest absolute Gasteiger partial charge is 0.407 e. The molecule has 260 valence electrons. The van der Waals surface area contributed by atoms with Gasteiger partial charge >= 0.3 is 6.09 Å². The van der Waals surface area contributed by atoms with Crippen molar-refractivity contribution in [3.8, 4) is 33.6 Å². The number of imidazole rings is 2. The molecule has 2 aromatic heterocycles. The Morgan fingerprint density at radius 3 is 1.70 bits per heavy atom. The number of aromatic amines is 2. The van der Waals surface area contributed by atoms with Gasteiger partial charge in [0.15, 0.2) is 0 Å². The number of hydrogen-bond acceptors (Lipinski definition) is 7. The Morgan fingerprint density at radius 1 is 0.740 bits per heavy atom. The number of carbonyl (C=O) groups is 3. The Hall–Kier alpha value is -5.75. The molecule has 1 atom stereocenters. The molecule has 0 aliphatic heterocycles. The normalized spacial score (nSPS) is 11.5. The van der Waals surface area contributed by atoms with E-state index in [0.29, 0.717) is 36.8 Å². The van der Waals surface area contributed by atoms with Crippen molar-refractivity contribution in [1.82, 2.24) is 35.1 Å². The van der Waals surface area contributed by atoms with Crippen molar-refractivity contribution < 1.29 is 19.1 Å². The van der Waals surface area contributed by atoms with E-state index in [1.165, 1.54) is 7.11 Å². The minimum Gasteiger partial charge on any atom is -0.453 e. The highest BCUT2D eigenvalue weighted by Gasteiger charge is 2.28. The summed E-state index contributed by atoms with van der Waals surface area (Å²) in [4.78, 5) is 57.2. The molecule has 0 spiro atoms. The van der Waals surface area contributed by atoms with Crippen molar-refractivity contribution >= 4 is 17.9 Å². The van der Waals surface area contributed by atoms with Crippen LogP contribution < -0.4 is 11.1 Å². The molecule has 0 aliphatic carbocycles. The lowest BCUT2D eigenvalue weighted by Gasteiger charge is -2.27. The Morgan fingerprint density at radius 2 is 1.22 bits per heavy atom. The largest absolute Gasteiger partial charge is 0.453 e. The number of nitrogens with zero attached hydrogens (tertiary/aromatic N) is 4. The molecular weight excluding hydrogens is 632 g/mol. The molecule has 0 saturated carbocycles. The van der Waals surface area contributed by atoms with Crippen LogP contribution in [0.15, 0.2) is 91.3 Å². The fourth-order valence-corrected chi connectivity index (χ4v) is 5.75. The van der Waals surface area contributed by atoms with Crippen LogP contribution in [0.3, 0.4) is 0 Å². The van der Waals surface area contributed by atoms with Gasteiger partial charge in [-0.25, -0.2) is 14.8 Å². The minimum atomic E-state index is -0.891. The SMILES string of the molecule is CCCN(Cc1ncc(-c2ccc(-c3ccc(-c4cnc(CN(CCC)C(=O)C(NC(=O)OC)c5ccccc5)[nH]4)cc3)cc2)[nH]1)C(=O)CN. The molecule has 3 amide bonds. The molecule has 5 aromatic rings. The van der Waals surface area contributed by atoms with Crippen LogP contribution in [0.2, 0.25) is 0 Å². The second kappa shape index (κ2) is 17.1. The molecule has 5 N–H and O–H groups in total. The Bertz CT molecular complexity index is 1850. The van der Waals surface area contributed by atoms with Crippen LogP contribution in [0.1, 0.15) is 49.9 Å². The number of H-pyrrole nitrogens is 2. The molecule has 1 unspecified atom stereocenters. The van der Waals surface area contributed by atoms with Crippen LogP contribution in [0, 0.1) is 0 Å². The number of aromatic nitrogens is 4. The maximum absolute atomic E-state index is 13.7. The van der Waals surface area contributed by atoms with Crippen LogP contribution >= 0.6 is 0 Å². The third-order valence-corrected chi connectivity index (χ3v) is 8.32. The van der Waals surface area contributed by atoms with Gasteiger partial charge in [0.05, 0.1) is 50.5 Å². The quantitative estimate of drug-likeness (QED) is 0.111. The summed E-state index contributed by atoms with van der Waals surface area (Å²) in [6.07, 6.45) is 4.45. The van der Waals surface area contributed by atoms with Crippen molar-refractivity contribution in [2.75, 3.05) is 26.7 Å². The van der Waals surface area contributed by atoms with Gasteiger partial charge in [0.1, 0.15) is 17.7 Å². The molecular formula is C38H44N8O4. The molecule has 0 fully saturated rings. The van der Waals surface area contributed by atoms with E-state index < -0.39 is 12.1 Å². The van der Waals surface area contributed by atoms with Gasteiger partial charge in [-0.2, -0.15) is 0 Å². The molecule has 50 heavy (non-hydrogen) atoms. The van der Waals surface area contributed by atoms with Crippen molar-refractivity contribution in [2.45, 2.75) is 45.8 Å². The van der Waals surface area contributed by atoms with E-state index in [0.717, 1.165) is 46.5 Å². The number of carbonyl (C=O) groups excluding carboxylic acids is 3. The fourth-order valence-electron chi connectivity index (χ4n) is 5.75. The van der Waals surface area contributed by atoms with E-state index in [2.05, 4.69) is 49.5 Å². The molecule has 0 bridgehead atoms. The number of amides is 3. The number of nitrogens with one attached hydrogen (secondary N) is 3. The number of ether oxygens (including phenoxy) is 1. The molecule has 12 heteroatoms. The topological polar surface area (TPSA) is 162 Å². The maximum atomic E-state index is 13.7. The van der Waals surface area contributed by atoms with Gasteiger partial charge < -0.3 is 35.6 Å². The number of alkyl carbamates (subject to hydrolysis) is 1. The first-order valence-corrected chi connectivity index (χ1v) is 16.8. The molecule has 12 nitrogen and oxygen atoms in total. The molecule has 0 saturated heterocycles. The van der Waals surface area contributed by atoms with Crippen LogP contribution in [0.5, 0.6) is 0 Å². The molecule has 2 heterocycles. The van der Waals surface area contributed by atoms with Gasteiger partial charge in [-0.05, 0) is 40.7 Å². The molecule has 3 aromatic carbocycles. The lowest BCUT2D eigenvalue weighted by molar-refractivity contribution is -0.134. The van der Waals surface area contributed by atoms with Crippen molar-refractivity contribution in [3.05, 3.63) is 108 Å². The standard InChI is InChI=1S/C38H44N8O4/c1-4-19-45(35(47)21-39)24-33-40-22-31(42-33)28-15-11-26(12-16-28)27-13-17-29(18-14-27)32-23-41-34(43-32)25-46(20-5-2)37(48)36(44-38(49)50-3)30-9-7-6-8-10-30/h6-18,22-23,36H,4-5,19-21,24-25,39H2,1-3H3,(H,40,42)(H,41,43)(H,44,49). The van der Waals surface area contributed by atoms with E-state index in [1.54, 1.807) is 34.3 Å². The first kappa shape index (κ1) is 35.6. The molecule has 0 radical (unpaired) electrons. The Kier molecular flexibility index (Phi) is 12.1. The van der Waals surface area contributed by atoms with E-state index in [-0.39, 0.29) is 24.9 Å². The molecule has 0 aliphatic rings. The number of rotatable bonds is 15. The highest BCUT2D eigenvalue weighted by Crippen LogP contribution is 2.27. The summed E-state index contributed by atoms with van der Waals surface area (Å²) in [7, 11) is 1.27. The average molecular weight is 677 g/mol. The predicted octanol–water partition coefficient (Wildman–Crippen LogP) is 5.67. The number of hydrogen-bond donors (Lipinski definition) is 4. The summed E-state index contributed by atoms with van der Waals surface area (Å²) in [5.74, 6) is 1.01. The zero-order chi connectivity index (χ0) is 35.5. The lowest BCUT2D eigenvalue weighted by Crippen LogP contribution is -2.43. The summed E-state index contributed by atoms with van der Waals surface area (Å²) in [5, 5.41) is 2.68. The Labute approximate surface area is 292 Å². The first-order chi connectivity index (χ1) is 24.3. The summed E-state index contributed by atoms with van der Waals surface area (Å²) in [6, 6.07) is 24.6. The van der Waals surface area contributed by atoms with E-state index >= 15 is 0 Å².